The molecule has 0 saturated carbocycles. The van der Waals surface area contributed by atoms with Crippen molar-refractivity contribution >= 4 is 16.8 Å². The van der Waals surface area contributed by atoms with Gasteiger partial charge in [0.1, 0.15) is 5.82 Å². The number of fused-ring (bicyclic) bond motifs is 1. The third kappa shape index (κ3) is 3.32. The number of nitrogens with zero attached hydrogens (tertiary/aromatic N) is 4. The van der Waals surface area contributed by atoms with Crippen LogP contribution in [-0.2, 0) is 4.79 Å². The highest BCUT2D eigenvalue weighted by atomic mass is 19.1. The van der Waals surface area contributed by atoms with Crippen LogP contribution in [0.3, 0.4) is 0 Å². The van der Waals surface area contributed by atoms with E-state index >= 15 is 0 Å². The van der Waals surface area contributed by atoms with E-state index in [0.717, 1.165) is 54.5 Å². The lowest BCUT2D eigenvalue weighted by molar-refractivity contribution is -0.152. The van der Waals surface area contributed by atoms with E-state index in [9.17, 15) is 9.18 Å². The summed E-state index contributed by atoms with van der Waals surface area (Å²) in [5.74, 6) is -0.0949. The molecule has 1 saturated heterocycles. The molecule has 1 unspecified atom stereocenters. The molecule has 156 valence electrons. The third-order valence-electron chi connectivity index (χ3n) is 6.39. The molecular formula is C22H30FN5O. The number of halogens is 1. The number of likely N-dealkylation sites (N-methyl/N-ethyl adjacent to an activating group) is 1. The second kappa shape index (κ2) is 7.80. The number of nitrogens with one attached hydrogen (secondary N) is 1. The van der Waals surface area contributed by atoms with E-state index in [2.05, 4.69) is 26.1 Å². The van der Waals surface area contributed by atoms with E-state index in [0.29, 0.717) is 6.04 Å². The maximum atomic E-state index is 13.5. The molecule has 4 rings (SSSR count). The Balaban J connectivity index is 1.55. The number of allylic oxidation sites excluding steroid dienone is 1. The van der Waals surface area contributed by atoms with Gasteiger partial charge in [0, 0.05) is 54.5 Å². The highest BCUT2D eigenvalue weighted by Gasteiger charge is 2.38. The molecule has 1 N–H and O–H groups in total. The fourth-order valence-corrected chi connectivity index (χ4v) is 4.85. The summed E-state index contributed by atoms with van der Waals surface area (Å²) in [5.41, 5.74) is 3.00. The summed E-state index contributed by atoms with van der Waals surface area (Å²) < 4.78 is 15.8. The second-order valence-corrected chi connectivity index (χ2v) is 7.95. The topological polar surface area (TPSA) is 43.8 Å². The Morgan fingerprint density at radius 2 is 1.93 bits per heavy atom. The van der Waals surface area contributed by atoms with Crippen LogP contribution in [0.4, 0.5) is 4.39 Å². The largest absolute Gasteiger partial charge is 0.344 e. The van der Waals surface area contributed by atoms with Crippen molar-refractivity contribution in [3.63, 3.8) is 0 Å². The molecule has 1 fully saturated rings. The Hall–Kier alpha value is -2.38. The Bertz CT molecular complexity index is 944. The van der Waals surface area contributed by atoms with Crippen molar-refractivity contribution in [2.24, 2.45) is 0 Å². The van der Waals surface area contributed by atoms with Gasteiger partial charge in [0.25, 0.3) is 5.91 Å². The Labute approximate surface area is 171 Å². The third-order valence-corrected chi connectivity index (χ3v) is 6.39. The molecule has 29 heavy (non-hydrogen) atoms. The van der Waals surface area contributed by atoms with Crippen LogP contribution in [0.25, 0.3) is 10.9 Å². The highest BCUT2D eigenvalue weighted by molar-refractivity contribution is 5.94. The molecule has 2 aromatic rings. The van der Waals surface area contributed by atoms with Crippen molar-refractivity contribution < 1.29 is 9.18 Å². The lowest BCUT2D eigenvalue weighted by atomic mass is 10.0. The van der Waals surface area contributed by atoms with E-state index in [1.807, 2.05) is 40.1 Å². The fourth-order valence-electron chi connectivity index (χ4n) is 4.85. The molecule has 6 nitrogen and oxygen atoms in total. The monoisotopic (exact) mass is 399 g/mol. The first-order valence-corrected chi connectivity index (χ1v) is 10.4. The summed E-state index contributed by atoms with van der Waals surface area (Å²) >= 11 is 0. The first kappa shape index (κ1) is 19.9. The number of hydrogen-bond acceptors (Lipinski definition) is 4. The van der Waals surface area contributed by atoms with Gasteiger partial charge < -0.3 is 9.47 Å². The van der Waals surface area contributed by atoms with Gasteiger partial charge in [-0.15, -0.1) is 0 Å². The van der Waals surface area contributed by atoms with E-state index < -0.39 is 0 Å². The van der Waals surface area contributed by atoms with Crippen LogP contribution in [0.15, 0.2) is 41.7 Å². The SMILES string of the molecule is CCC1=C(C)N(N2CCC(n3ccc4cc(F)ccc43)CC2)C(NC)N(C)C1=O. The summed E-state index contributed by atoms with van der Waals surface area (Å²) in [6, 6.07) is 7.39. The first-order chi connectivity index (χ1) is 14.0. The second-order valence-electron chi connectivity index (χ2n) is 7.95. The number of hydrogen-bond donors (Lipinski definition) is 1. The van der Waals surface area contributed by atoms with E-state index in [-0.39, 0.29) is 18.0 Å². The van der Waals surface area contributed by atoms with E-state index in [4.69, 9.17) is 0 Å². The van der Waals surface area contributed by atoms with Gasteiger partial charge in [-0.25, -0.2) is 9.40 Å². The average molecular weight is 400 g/mol. The molecule has 1 aromatic carbocycles. The lowest BCUT2D eigenvalue weighted by Crippen LogP contribution is -2.64. The minimum absolute atomic E-state index is 0.0986. The summed E-state index contributed by atoms with van der Waals surface area (Å²) in [6.07, 6.45) is 4.63. The number of benzene rings is 1. The Morgan fingerprint density at radius 1 is 1.21 bits per heavy atom. The minimum Gasteiger partial charge on any atom is -0.344 e. The average Bonchev–Trinajstić information content (AvgIpc) is 3.14. The van der Waals surface area contributed by atoms with Crippen LogP contribution in [0.2, 0.25) is 0 Å². The number of aromatic nitrogens is 1. The van der Waals surface area contributed by atoms with Gasteiger partial charge in [-0.05, 0) is 57.5 Å². The van der Waals surface area contributed by atoms with Crippen LogP contribution in [0.5, 0.6) is 0 Å². The zero-order valence-corrected chi connectivity index (χ0v) is 17.7. The fraction of sp³-hybridized carbons (Fsp3) is 0.500. The lowest BCUT2D eigenvalue weighted by Gasteiger charge is -2.50. The Morgan fingerprint density at radius 3 is 2.59 bits per heavy atom. The summed E-state index contributed by atoms with van der Waals surface area (Å²) in [4.78, 5) is 14.5. The molecular weight excluding hydrogens is 369 g/mol. The molecule has 1 atom stereocenters. The van der Waals surface area contributed by atoms with Crippen LogP contribution >= 0.6 is 0 Å². The number of carbonyl (C=O) groups excluding carboxylic acids is 1. The molecule has 1 aromatic heterocycles. The standard InChI is InChI=1S/C22H30FN5O/c1-5-19-15(2)28(22(24-3)25(4)21(19)29)26-11-9-18(10-12-26)27-13-8-16-14-17(23)6-7-20(16)27/h6-8,13-14,18,22,24H,5,9-12H2,1-4H3. The minimum atomic E-state index is -0.194. The predicted octanol–water partition coefficient (Wildman–Crippen LogP) is 3.29. The Kier molecular flexibility index (Phi) is 5.36. The van der Waals surface area contributed by atoms with Crippen LogP contribution < -0.4 is 5.32 Å². The van der Waals surface area contributed by atoms with Crippen molar-refractivity contribution in [1.29, 1.82) is 0 Å². The van der Waals surface area contributed by atoms with Gasteiger partial charge in [0.05, 0.1) is 0 Å². The molecule has 2 aliphatic heterocycles. The molecule has 7 heteroatoms. The zero-order valence-electron chi connectivity index (χ0n) is 17.7. The summed E-state index contributed by atoms with van der Waals surface area (Å²) in [7, 11) is 3.75. The van der Waals surface area contributed by atoms with Crippen LogP contribution in [-0.4, -0.2) is 58.9 Å². The van der Waals surface area contributed by atoms with Gasteiger partial charge in [-0.3, -0.25) is 15.1 Å². The van der Waals surface area contributed by atoms with Crippen molar-refractivity contribution in [2.75, 3.05) is 27.2 Å². The summed E-state index contributed by atoms with van der Waals surface area (Å²) in [6.45, 7) is 5.89. The van der Waals surface area contributed by atoms with Crippen molar-refractivity contribution in [3.05, 3.63) is 47.5 Å². The summed E-state index contributed by atoms with van der Waals surface area (Å²) in [5, 5.41) is 8.85. The molecule has 0 spiro atoms. The number of piperidine rings is 1. The van der Waals surface area contributed by atoms with Crippen molar-refractivity contribution in [3.8, 4) is 0 Å². The number of hydrazine groups is 1. The van der Waals surface area contributed by atoms with E-state index in [1.165, 1.54) is 6.07 Å². The van der Waals surface area contributed by atoms with Gasteiger partial charge in [-0.2, -0.15) is 0 Å². The molecule has 0 bridgehead atoms. The van der Waals surface area contributed by atoms with Gasteiger partial charge in [-0.1, -0.05) is 6.92 Å². The molecule has 1 amide bonds. The maximum absolute atomic E-state index is 13.5. The highest BCUT2D eigenvalue weighted by Crippen LogP contribution is 2.32. The van der Waals surface area contributed by atoms with Crippen molar-refractivity contribution in [1.82, 2.24) is 24.8 Å². The predicted molar refractivity (Wildman–Crippen MR) is 112 cm³/mol. The van der Waals surface area contributed by atoms with Crippen LogP contribution in [0, 0.1) is 5.82 Å². The van der Waals surface area contributed by atoms with Gasteiger partial charge >= 0.3 is 0 Å². The molecule has 2 aliphatic rings. The van der Waals surface area contributed by atoms with Gasteiger partial charge in [0.2, 0.25) is 0 Å². The van der Waals surface area contributed by atoms with Crippen molar-refractivity contribution in [2.45, 2.75) is 45.4 Å². The molecule has 0 aliphatic carbocycles. The first-order valence-electron chi connectivity index (χ1n) is 10.4. The quantitative estimate of drug-likeness (QED) is 0.857. The smallest absolute Gasteiger partial charge is 0.253 e. The number of carbonyl (C=O) groups is 1. The van der Waals surface area contributed by atoms with Gasteiger partial charge in [0.15, 0.2) is 6.29 Å². The molecule has 0 radical (unpaired) electrons. The zero-order chi connectivity index (χ0) is 20.7. The number of rotatable bonds is 4. The normalized spacial score (nSPS) is 22.2. The maximum Gasteiger partial charge on any atom is 0.253 e. The van der Waals surface area contributed by atoms with E-state index in [1.54, 1.807) is 11.0 Å². The van der Waals surface area contributed by atoms with Crippen LogP contribution in [0.1, 0.15) is 39.2 Å². The number of amides is 1. The molecule has 3 heterocycles.